The molecule has 0 atom stereocenters. The van der Waals surface area contributed by atoms with Crippen molar-refractivity contribution in [3.8, 4) is 5.75 Å². The number of rotatable bonds is 4. The number of hydrogen-bond acceptors (Lipinski definition) is 4. The molecule has 0 aliphatic carbocycles. The van der Waals surface area contributed by atoms with E-state index in [9.17, 15) is 9.90 Å². The van der Waals surface area contributed by atoms with Gasteiger partial charge in [0.05, 0.1) is 0 Å². The molecule has 0 fully saturated rings. The van der Waals surface area contributed by atoms with E-state index in [4.69, 9.17) is 4.74 Å². The minimum absolute atomic E-state index is 0.0122. The fourth-order valence-electron chi connectivity index (χ4n) is 1.33. The van der Waals surface area contributed by atoms with E-state index in [1.165, 1.54) is 0 Å². The molecule has 0 spiro atoms. The Morgan fingerprint density at radius 1 is 1.53 bits per heavy atom. The second-order valence-corrected chi connectivity index (χ2v) is 3.81. The summed E-state index contributed by atoms with van der Waals surface area (Å²) in [6.07, 6.45) is 0. The van der Waals surface area contributed by atoms with Gasteiger partial charge in [-0.15, -0.1) is 0 Å². The minimum Gasteiger partial charge on any atom is -0.505 e. The van der Waals surface area contributed by atoms with Gasteiger partial charge in [0.2, 0.25) is 0 Å². The van der Waals surface area contributed by atoms with Gasteiger partial charge in [0.15, 0.2) is 0 Å². The highest BCUT2D eigenvalue weighted by atomic mass is 16.5. The number of phenols is 1. The first-order valence-corrected chi connectivity index (χ1v) is 5.07. The molecule has 0 saturated carbocycles. The summed E-state index contributed by atoms with van der Waals surface area (Å²) in [7, 11) is 0. The first-order valence-electron chi connectivity index (χ1n) is 5.07. The second kappa shape index (κ2) is 5.30. The third-order valence-electron chi connectivity index (χ3n) is 2.19. The molecule has 0 aliphatic heterocycles. The van der Waals surface area contributed by atoms with Gasteiger partial charge in [0, 0.05) is 11.1 Å². The number of benzene rings is 1. The summed E-state index contributed by atoms with van der Waals surface area (Å²) in [5, 5.41) is 9.82. The van der Waals surface area contributed by atoms with E-state index >= 15 is 0 Å². The summed E-state index contributed by atoms with van der Waals surface area (Å²) >= 11 is 0. The maximum atomic E-state index is 11.2. The van der Waals surface area contributed by atoms with Crippen LogP contribution >= 0.6 is 0 Å². The van der Waals surface area contributed by atoms with Crippen LogP contribution < -0.4 is 0 Å². The van der Waals surface area contributed by atoms with Crippen molar-refractivity contribution in [1.29, 1.82) is 0 Å². The fraction of sp³-hybridized carbons (Fsp3) is 0.231. The van der Waals surface area contributed by atoms with Crippen LogP contribution in [0.3, 0.4) is 0 Å². The summed E-state index contributed by atoms with van der Waals surface area (Å²) in [5.74, 6) is -0.501. The molecule has 0 saturated heterocycles. The van der Waals surface area contributed by atoms with E-state index in [0.717, 1.165) is 5.56 Å². The fourth-order valence-corrected chi connectivity index (χ4v) is 1.33. The number of nitrogens with zero attached hydrogens (tertiary/aromatic N) is 1. The lowest BCUT2D eigenvalue weighted by molar-refractivity contribution is -0.140. The van der Waals surface area contributed by atoms with Crippen molar-refractivity contribution in [3.63, 3.8) is 0 Å². The number of ether oxygens (including phenoxy) is 1. The Morgan fingerprint density at radius 2 is 2.18 bits per heavy atom. The summed E-state index contributed by atoms with van der Waals surface area (Å²) < 4.78 is 4.96. The lowest BCUT2D eigenvalue weighted by Crippen LogP contribution is -2.05. The van der Waals surface area contributed by atoms with Crippen LogP contribution in [0.25, 0.3) is 0 Å². The van der Waals surface area contributed by atoms with Crippen LogP contribution in [0.5, 0.6) is 5.75 Å². The van der Waals surface area contributed by atoms with E-state index < -0.39 is 5.97 Å². The first kappa shape index (κ1) is 13.0. The molecule has 1 aromatic rings. The zero-order valence-electron chi connectivity index (χ0n) is 9.99. The monoisotopic (exact) mass is 233 g/mol. The quantitative estimate of drug-likeness (QED) is 0.494. The number of esters is 1. The molecule has 0 bridgehead atoms. The lowest BCUT2D eigenvalue weighted by atomic mass is 10.1. The number of carbonyl (C=O) groups is 1. The van der Waals surface area contributed by atoms with Crippen molar-refractivity contribution in [2.75, 3.05) is 0 Å². The molecule has 90 valence electrons. The molecule has 0 amide bonds. The molecular formula is C13H15NO3. The number of aryl methyl sites for hydroxylation is 1. The van der Waals surface area contributed by atoms with E-state index in [1.807, 2.05) is 6.92 Å². The molecule has 17 heavy (non-hydrogen) atoms. The highest BCUT2D eigenvalue weighted by Gasteiger charge is 2.10. The van der Waals surface area contributed by atoms with Gasteiger partial charge < -0.3 is 9.84 Å². The molecule has 0 radical (unpaired) electrons. The number of aliphatic imine (C=N–C) groups is 1. The van der Waals surface area contributed by atoms with E-state index in [0.29, 0.717) is 16.8 Å². The summed E-state index contributed by atoms with van der Waals surface area (Å²) in [6, 6.07) is 3.43. The maximum Gasteiger partial charge on any atom is 0.333 e. The van der Waals surface area contributed by atoms with Crippen LogP contribution in [0.1, 0.15) is 18.1 Å². The highest BCUT2D eigenvalue weighted by Crippen LogP contribution is 2.31. The third kappa shape index (κ3) is 3.17. The average molecular weight is 233 g/mol. The molecule has 0 aliphatic rings. The predicted octanol–water partition coefficient (Wildman–Crippen LogP) is 2.65. The van der Waals surface area contributed by atoms with Crippen LogP contribution in [0.2, 0.25) is 0 Å². The second-order valence-electron chi connectivity index (χ2n) is 3.81. The molecule has 1 N–H and O–H groups in total. The highest BCUT2D eigenvalue weighted by molar-refractivity contribution is 5.86. The average Bonchev–Trinajstić information content (AvgIpc) is 2.29. The van der Waals surface area contributed by atoms with Gasteiger partial charge in [-0.05, 0) is 38.3 Å². The predicted molar refractivity (Wildman–Crippen MR) is 66.7 cm³/mol. The van der Waals surface area contributed by atoms with Crippen molar-refractivity contribution in [2.24, 2.45) is 4.99 Å². The van der Waals surface area contributed by atoms with Gasteiger partial charge in [-0.1, -0.05) is 6.58 Å². The molecule has 4 nitrogen and oxygen atoms in total. The molecule has 1 rings (SSSR count). The minimum atomic E-state index is -0.487. The Hall–Kier alpha value is -2.10. The van der Waals surface area contributed by atoms with E-state index in [2.05, 4.69) is 18.3 Å². The van der Waals surface area contributed by atoms with Gasteiger partial charge in [-0.3, -0.25) is 4.99 Å². The van der Waals surface area contributed by atoms with Crippen molar-refractivity contribution in [3.05, 3.63) is 35.4 Å². The Morgan fingerprint density at radius 3 is 2.71 bits per heavy atom. The zero-order chi connectivity index (χ0) is 13.0. The number of hydrogen-bond donors (Lipinski definition) is 1. The smallest absolute Gasteiger partial charge is 0.333 e. The molecule has 1 aromatic carbocycles. The summed E-state index contributed by atoms with van der Waals surface area (Å²) in [6.45, 7) is 10.3. The number of aromatic hydroxyl groups is 1. The standard InChI is InChI=1S/C13H15NO3/c1-8(2)13(16)17-7-10-5-9(3)6-11(14-4)12(10)15/h5-6,15H,1,4,7H2,2-3H3. The van der Waals surface area contributed by atoms with Crippen molar-refractivity contribution in [1.82, 2.24) is 0 Å². The van der Waals surface area contributed by atoms with Crippen LogP contribution in [0, 0.1) is 6.92 Å². The summed E-state index contributed by atoms with van der Waals surface area (Å²) in [5.41, 5.74) is 2.11. The van der Waals surface area contributed by atoms with Crippen LogP contribution in [-0.2, 0) is 16.1 Å². The van der Waals surface area contributed by atoms with Crippen molar-refractivity contribution < 1.29 is 14.6 Å². The lowest BCUT2D eigenvalue weighted by Gasteiger charge is -2.09. The first-order chi connectivity index (χ1) is 7.95. The Bertz CT molecular complexity index is 478. The molecule has 0 heterocycles. The van der Waals surface area contributed by atoms with Gasteiger partial charge in [0.25, 0.3) is 0 Å². The Balaban J connectivity index is 2.91. The Kier molecular flexibility index (Phi) is 4.04. The topological polar surface area (TPSA) is 58.9 Å². The largest absolute Gasteiger partial charge is 0.505 e. The molecule has 0 aromatic heterocycles. The van der Waals surface area contributed by atoms with Gasteiger partial charge >= 0.3 is 5.97 Å². The van der Waals surface area contributed by atoms with Crippen LogP contribution in [0.15, 0.2) is 29.3 Å². The third-order valence-corrected chi connectivity index (χ3v) is 2.19. The number of carbonyl (C=O) groups excluding carboxylic acids is 1. The van der Waals surface area contributed by atoms with Crippen LogP contribution in [0.4, 0.5) is 5.69 Å². The summed E-state index contributed by atoms with van der Waals surface area (Å²) in [4.78, 5) is 14.9. The number of phenolic OH excluding ortho intramolecular Hbond substituents is 1. The normalized spacial score (nSPS) is 9.76. The van der Waals surface area contributed by atoms with E-state index in [-0.39, 0.29) is 12.4 Å². The molecule has 0 unspecified atom stereocenters. The maximum absolute atomic E-state index is 11.2. The SMILES string of the molecule is C=Nc1cc(C)cc(COC(=O)C(=C)C)c1O. The molecule has 4 heteroatoms. The Labute approximate surface area is 100 Å². The van der Waals surface area contributed by atoms with Crippen molar-refractivity contribution >= 4 is 18.4 Å². The zero-order valence-corrected chi connectivity index (χ0v) is 9.99. The van der Waals surface area contributed by atoms with E-state index in [1.54, 1.807) is 19.1 Å². The van der Waals surface area contributed by atoms with Crippen molar-refractivity contribution in [2.45, 2.75) is 20.5 Å². The van der Waals surface area contributed by atoms with Crippen LogP contribution in [-0.4, -0.2) is 17.8 Å². The molecular weight excluding hydrogens is 218 g/mol. The van der Waals surface area contributed by atoms with Gasteiger partial charge in [0.1, 0.15) is 18.0 Å². The van der Waals surface area contributed by atoms with Gasteiger partial charge in [-0.25, -0.2) is 4.79 Å². The van der Waals surface area contributed by atoms with Gasteiger partial charge in [-0.2, -0.15) is 0 Å².